The van der Waals surface area contributed by atoms with Gasteiger partial charge in [0, 0.05) is 5.56 Å². The zero-order valence-corrected chi connectivity index (χ0v) is 7.53. The highest BCUT2D eigenvalue weighted by Crippen LogP contribution is 2.40. The Morgan fingerprint density at radius 3 is 2.85 bits per heavy atom. The quantitative estimate of drug-likeness (QED) is 0.661. The highest BCUT2D eigenvalue weighted by Gasteiger charge is 2.41. The maximum atomic E-state index is 10.1. The van der Waals surface area contributed by atoms with Crippen LogP contribution in [0.4, 0.5) is 0 Å². The second-order valence-corrected chi connectivity index (χ2v) is 3.42. The SMILES string of the molecule is C=C[C@@H]1Oc2ccccc2[C@@]1(C)O. The van der Waals surface area contributed by atoms with E-state index >= 15 is 0 Å². The highest BCUT2D eigenvalue weighted by atomic mass is 16.5. The van der Waals surface area contributed by atoms with Gasteiger partial charge < -0.3 is 9.84 Å². The molecule has 0 bridgehead atoms. The van der Waals surface area contributed by atoms with Gasteiger partial charge in [0.1, 0.15) is 17.5 Å². The molecule has 0 unspecified atom stereocenters. The summed E-state index contributed by atoms with van der Waals surface area (Å²) in [6, 6.07) is 7.51. The van der Waals surface area contributed by atoms with Crippen molar-refractivity contribution in [3.05, 3.63) is 42.5 Å². The van der Waals surface area contributed by atoms with E-state index in [0.717, 1.165) is 11.3 Å². The van der Waals surface area contributed by atoms with Gasteiger partial charge in [-0.2, -0.15) is 0 Å². The molecule has 1 heterocycles. The van der Waals surface area contributed by atoms with Crippen LogP contribution in [0.3, 0.4) is 0 Å². The number of aliphatic hydroxyl groups is 1. The lowest BCUT2D eigenvalue weighted by molar-refractivity contribution is -0.00122. The van der Waals surface area contributed by atoms with Gasteiger partial charge in [-0.05, 0) is 19.1 Å². The van der Waals surface area contributed by atoms with Gasteiger partial charge in [0.2, 0.25) is 0 Å². The van der Waals surface area contributed by atoms with Crippen LogP contribution in [0.15, 0.2) is 36.9 Å². The van der Waals surface area contributed by atoms with E-state index in [4.69, 9.17) is 4.74 Å². The fraction of sp³-hybridized carbons (Fsp3) is 0.273. The molecule has 2 nitrogen and oxygen atoms in total. The molecule has 1 aromatic rings. The molecule has 1 aromatic carbocycles. The molecule has 2 rings (SSSR count). The van der Waals surface area contributed by atoms with E-state index in [1.165, 1.54) is 0 Å². The maximum absolute atomic E-state index is 10.1. The van der Waals surface area contributed by atoms with Gasteiger partial charge in [0.25, 0.3) is 0 Å². The van der Waals surface area contributed by atoms with E-state index in [-0.39, 0.29) is 6.10 Å². The minimum absolute atomic E-state index is 0.343. The minimum Gasteiger partial charge on any atom is -0.483 e. The minimum atomic E-state index is -0.946. The third-order valence-electron chi connectivity index (χ3n) is 2.45. The molecule has 0 saturated heterocycles. The highest BCUT2D eigenvalue weighted by molar-refractivity contribution is 5.43. The molecule has 0 aromatic heterocycles. The number of hydrogen-bond donors (Lipinski definition) is 1. The first kappa shape index (κ1) is 8.32. The van der Waals surface area contributed by atoms with E-state index < -0.39 is 5.60 Å². The first-order chi connectivity index (χ1) is 6.16. The second-order valence-electron chi connectivity index (χ2n) is 3.42. The predicted molar refractivity (Wildman–Crippen MR) is 50.6 cm³/mol. The average Bonchev–Trinajstić information content (AvgIpc) is 2.39. The van der Waals surface area contributed by atoms with Crippen LogP contribution in [0.1, 0.15) is 12.5 Å². The Hall–Kier alpha value is -1.28. The van der Waals surface area contributed by atoms with Crippen LogP contribution >= 0.6 is 0 Å². The Morgan fingerprint density at radius 1 is 1.54 bits per heavy atom. The number of rotatable bonds is 1. The van der Waals surface area contributed by atoms with Gasteiger partial charge >= 0.3 is 0 Å². The van der Waals surface area contributed by atoms with Crippen molar-refractivity contribution in [2.75, 3.05) is 0 Å². The topological polar surface area (TPSA) is 29.5 Å². The van der Waals surface area contributed by atoms with Crippen molar-refractivity contribution in [3.8, 4) is 5.75 Å². The van der Waals surface area contributed by atoms with Crippen LogP contribution in [0.25, 0.3) is 0 Å². The molecule has 0 aliphatic carbocycles. The zero-order valence-electron chi connectivity index (χ0n) is 7.53. The number of hydrogen-bond acceptors (Lipinski definition) is 2. The van der Waals surface area contributed by atoms with Crippen LogP contribution in [0.5, 0.6) is 5.75 Å². The van der Waals surface area contributed by atoms with E-state index in [0.29, 0.717) is 0 Å². The molecule has 0 saturated carbocycles. The van der Waals surface area contributed by atoms with Gasteiger partial charge in [-0.1, -0.05) is 24.8 Å². The molecule has 0 amide bonds. The smallest absolute Gasteiger partial charge is 0.149 e. The van der Waals surface area contributed by atoms with Gasteiger partial charge in [-0.15, -0.1) is 0 Å². The van der Waals surface area contributed by atoms with Crippen molar-refractivity contribution in [2.24, 2.45) is 0 Å². The van der Waals surface area contributed by atoms with Crippen LogP contribution in [-0.2, 0) is 5.60 Å². The summed E-state index contributed by atoms with van der Waals surface area (Å²) in [5.74, 6) is 0.748. The monoisotopic (exact) mass is 176 g/mol. The number of para-hydroxylation sites is 1. The summed E-state index contributed by atoms with van der Waals surface area (Å²) in [6.07, 6.45) is 1.28. The molecule has 2 atom stereocenters. The lowest BCUT2D eigenvalue weighted by Crippen LogP contribution is -2.32. The summed E-state index contributed by atoms with van der Waals surface area (Å²) in [6.45, 7) is 5.38. The molecule has 0 radical (unpaired) electrons. The molecule has 68 valence electrons. The Kier molecular flexibility index (Phi) is 1.67. The average molecular weight is 176 g/mol. The van der Waals surface area contributed by atoms with E-state index in [2.05, 4.69) is 6.58 Å². The fourth-order valence-electron chi connectivity index (χ4n) is 1.67. The summed E-state index contributed by atoms with van der Waals surface area (Å²) < 4.78 is 5.50. The summed E-state index contributed by atoms with van der Waals surface area (Å²) in [5, 5.41) is 10.1. The normalized spacial score (nSPS) is 30.8. The van der Waals surface area contributed by atoms with E-state index in [1.807, 2.05) is 24.3 Å². The van der Waals surface area contributed by atoms with Crippen LogP contribution < -0.4 is 4.74 Å². The van der Waals surface area contributed by atoms with Crippen molar-refractivity contribution in [3.63, 3.8) is 0 Å². The van der Waals surface area contributed by atoms with Crippen LogP contribution in [-0.4, -0.2) is 11.2 Å². The Labute approximate surface area is 77.5 Å². The Balaban J connectivity index is 2.53. The largest absolute Gasteiger partial charge is 0.483 e. The van der Waals surface area contributed by atoms with Crippen molar-refractivity contribution in [1.29, 1.82) is 0 Å². The Morgan fingerprint density at radius 2 is 2.23 bits per heavy atom. The lowest BCUT2D eigenvalue weighted by atomic mass is 9.92. The first-order valence-corrected chi connectivity index (χ1v) is 4.27. The third-order valence-corrected chi connectivity index (χ3v) is 2.45. The first-order valence-electron chi connectivity index (χ1n) is 4.27. The van der Waals surface area contributed by atoms with Crippen LogP contribution in [0.2, 0.25) is 0 Å². The van der Waals surface area contributed by atoms with Crippen molar-refractivity contribution in [2.45, 2.75) is 18.6 Å². The van der Waals surface area contributed by atoms with Crippen molar-refractivity contribution < 1.29 is 9.84 Å². The van der Waals surface area contributed by atoms with Crippen molar-refractivity contribution >= 4 is 0 Å². The summed E-state index contributed by atoms with van der Waals surface area (Å²) >= 11 is 0. The number of ether oxygens (including phenoxy) is 1. The van der Waals surface area contributed by atoms with E-state index in [9.17, 15) is 5.11 Å². The molecule has 0 fully saturated rings. The molecule has 1 aliphatic heterocycles. The number of benzene rings is 1. The second kappa shape index (κ2) is 2.60. The fourth-order valence-corrected chi connectivity index (χ4v) is 1.67. The molecule has 1 N–H and O–H groups in total. The molecule has 1 aliphatic rings. The Bertz CT molecular complexity index is 342. The summed E-state index contributed by atoms with van der Waals surface area (Å²) in [5.41, 5.74) is -0.113. The molecule has 2 heteroatoms. The van der Waals surface area contributed by atoms with Gasteiger partial charge in [-0.3, -0.25) is 0 Å². The molecular weight excluding hydrogens is 164 g/mol. The van der Waals surface area contributed by atoms with Crippen molar-refractivity contribution in [1.82, 2.24) is 0 Å². The van der Waals surface area contributed by atoms with Crippen LogP contribution in [0, 0.1) is 0 Å². The molecule has 13 heavy (non-hydrogen) atoms. The summed E-state index contributed by atoms with van der Waals surface area (Å²) in [7, 11) is 0. The number of fused-ring (bicyclic) bond motifs is 1. The third kappa shape index (κ3) is 1.06. The standard InChI is InChI=1S/C11H12O2/c1-3-10-11(2,12)8-6-4-5-7-9(8)13-10/h3-7,10,12H,1H2,2H3/t10-,11+/m0/s1. The lowest BCUT2D eigenvalue weighted by Gasteiger charge is -2.21. The van der Waals surface area contributed by atoms with E-state index in [1.54, 1.807) is 13.0 Å². The van der Waals surface area contributed by atoms with Gasteiger partial charge in [-0.25, -0.2) is 0 Å². The maximum Gasteiger partial charge on any atom is 0.149 e. The molecular formula is C11H12O2. The van der Waals surface area contributed by atoms with Gasteiger partial charge in [0.15, 0.2) is 0 Å². The zero-order chi connectivity index (χ0) is 9.47. The van der Waals surface area contributed by atoms with Gasteiger partial charge in [0.05, 0.1) is 0 Å². The molecule has 0 spiro atoms. The summed E-state index contributed by atoms with van der Waals surface area (Å²) in [4.78, 5) is 0. The predicted octanol–water partition coefficient (Wildman–Crippen LogP) is 1.84.